The second-order valence-corrected chi connectivity index (χ2v) is 4.93. The Bertz CT molecular complexity index is 500. The average Bonchev–Trinajstić information content (AvgIpc) is 2.60. The second kappa shape index (κ2) is 3.89. The SMILES string of the molecule is CC(C)=C(C)C1=Nc2cc(C)c(C)cc2C1. The van der Waals surface area contributed by atoms with Crippen LogP contribution < -0.4 is 0 Å². The fourth-order valence-corrected chi connectivity index (χ4v) is 1.98. The number of aryl methyl sites for hydroxylation is 2. The third-order valence-corrected chi connectivity index (χ3v) is 3.49. The van der Waals surface area contributed by atoms with Gasteiger partial charge in [-0.1, -0.05) is 11.6 Å². The van der Waals surface area contributed by atoms with Crippen LogP contribution in [0.5, 0.6) is 0 Å². The van der Waals surface area contributed by atoms with E-state index in [1.165, 1.54) is 39.2 Å². The second-order valence-electron chi connectivity index (χ2n) is 4.93. The molecular formula is C15H19N. The number of aliphatic imine (C=N–C) groups is 1. The average molecular weight is 213 g/mol. The lowest BCUT2D eigenvalue weighted by Gasteiger charge is -2.03. The summed E-state index contributed by atoms with van der Waals surface area (Å²) in [5.41, 5.74) is 9.17. The molecule has 2 rings (SSSR count). The Morgan fingerprint density at radius 1 is 1.06 bits per heavy atom. The van der Waals surface area contributed by atoms with E-state index in [0.717, 1.165) is 6.42 Å². The zero-order valence-electron chi connectivity index (χ0n) is 10.8. The molecule has 0 amide bonds. The van der Waals surface area contributed by atoms with E-state index in [9.17, 15) is 0 Å². The fourth-order valence-electron chi connectivity index (χ4n) is 1.98. The third kappa shape index (κ3) is 1.82. The first-order valence-corrected chi connectivity index (χ1v) is 5.81. The summed E-state index contributed by atoms with van der Waals surface area (Å²) in [6.45, 7) is 10.8. The summed E-state index contributed by atoms with van der Waals surface area (Å²) in [7, 11) is 0. The van der Waals surface area contributed by atoms with Gasteiger partial charge in [0.1, 0.15) is 0 Å². The van der Waals surface area contributed by atoms with Crippen molar-refractivity contribution in [2.45, 2.75) is 41.0 Å². The molecule has 0 aliphatic carbocycles. The van der Waals surface area contributed by atoms with Gasteiger partial charge in [-0.25, -0.2) is 0 Å². The Morgan fingerprint density at radius 3 is 2.31 bits per heavy atom. The Morgan fingerprint density at radius 2 is 1.69 bits per heavy atom. The molecule has 0 bridgehead atoms. The van der Waals surface area contributed by atoms with Crippen molar-refractivity contribution < 1.29 is 0 Å². The number of fused-ring (bicyclic) bond motifs is 1. The van der Waals surface area contributed by atoms with Gasteiger partial charge in [-0.2, -0.15) is 0 Å². The summed E-state index contributed by atoms with van der Waals surface area (Å²) in [5, 5.41) is 0. The first-order chi connectivity index (χ1) is 7.49. The molecular weight excluding hydrogens is 194 g/mol. The van der Waals surface area contributed by atoms with E-state index >= 15 is 0 Å². The minimum Gasteiger partial charge on any atom is -0.253 e. The van der Waals surface area contributed by atoms with Gasteiger partial charge in [0.05, 0.1) is 5.69 Å². The number of allylic oxidation sites excluding steroid dienone is 2. The van der Waals surface area contributed by atoms with Gasteiger partial charge in [-0.15, -0.1) is 0 Å². The van der Waals surface area contributed by atoms with E-state index in [2.05, 4.69) is 46.8 Å². The van der Waals surface area contributed by atoms with Gasteiger partial charge in [-0.05, 0) is 62.9 Å². The summed E-state index contributed by atoms with van der Waals surface area (Å²) >= 11 is 0. The molecule has 1 aliphatic heterocycles. The summed E-state index contributed by atoms with van der Waals surface area (Å²) in [5.74, 6) is 0. The molecule has 0 fully saturated rings. The van der Waals surface area contributed by atoms with E-state index in [1.807, 2.05) is 0 Å². The molecule has 0 N–H and O–H groups in total. The van der Waals surface area contributed by atoms with Crippen LogP contribution in [0.25, 0.3) is 0 Å². The highest BCUT2D eigenvalue weighted by Gasteiger charge is 2.16. The minimum absolute atomic E-state index is 0.994. The van der Waals surface area contributed by atoms with Crippen LogP contribution in [-0.4, -0.2) is 5.71 Å². The van der Waals surface area contributed by atoms with Gasteiger partial charge in [-0.3, -0.25) is 4.99 Å². The summed E-state index contributed by atoms with van der Waals surface area (Å²) in [6, 6.07) is 4.48. The van der Waals surface area contributed by atoms with Crippen LogP contribution in [0.1, 0.15) is 37.5 Å². The predicted octanol–water partition coefficient (Wildman–Crippen LogP) is 4.29. The topological polar surface area (TPSA) is 12.4 Å². The summed E-state index contributed by atoms with van der Waals surface area (Å²) in [6.07, 6.45) is 0.994. The Balaban J connectivity index is 2.43. The maximum atomic E-state index is 4.73. The lowest BCUT2D eigenvalue weighted by Crippen LogP contribution is -2.01. The molecule has 0 saturated carbocycles. The molecule has 1 heteroatoms. The number of rotatable bonds is 1. The normalized spacial score (nSPS) is 13.4. The third-order valence-electron chi connectivity index (χ3n) is 3.49. The van der Waals surface area contributed by atoms with Crippen molar-refractivity contribution in [3.63, 3.8) is 0 Å². The number of hydrogen-bond donors (Lipinski definition) is 0. The standard InChI is InChI=1S/C15H19N/c1-9(2)12(5)14-8-13-6-10(3)11(4)7-15(13)16-14/h6-7H,8H2,1-5H3. The Labute approximate surface area is 97.9 Å². The van der Waals surface area contributed by atoms with E-state index in [4.69, 9.17) is 4.99 Å². The van der Waals surface area contributed by atoms with Crippen LogP contribution >= 0.6 is 0 Å². The van der Waals surface area contributed by atoms with Crippen molar-refractivity contribution in [2.75, 3.05) is 0 Å². The molecule has 1 aromatic carbocycles. The molecule has 1 aromatic rings. The smallest absolute Gasteiger partial charge is 0.0671 e. The summed E-state index contributed by atoms with van der Waals surface area (Å²) < 4.78 is 0. The van der Waals surface area contributed by atoms with Crippen molar-refractivity contribution in [1.82, 2.24) is 0 Å². The molecule has 84 valence electrons. The molecule has 0 saturated heterocycles. The molecule has 16 heavy (non-hydrogen) atoms. The maximum absolute atomic E-state index is 4.73. The van der Waals surface area contributed by atoms with E-state index in [0.29, 0.717) is 0 Å². The highest BCUT2D eigenvalue weighted by Crippen LogP contribution is 2.31. The molecule has 0 unspecified atom stereocenters. The van der Waals surface area contributed by atoms with E-state index < -0.39 is 0 Å². The molecule has 0 atom stereocenters. The zero-order chi connectivity index (χ0) is 11.9. The van der Waals surface area contributed by atoms with Gasteiger partial charge in [0.15, 0.2) is 0 Å². The molecule has 0 spiro atoms. The molecule has 1 nitrogen and oxygen atoms in total. The largest absolute Gasteiger partial charge is 0.253 e. The quantitative estimate of drug-likeness (QED) is 0.660. The van der Waals surface area contributed by atoms with E-state index in [-0.39, 0.29) is 0 Å². The first-order valence-electron chi connectivity index (χ1n) is 5.81. The number of benzene rings is 1. The summed E-state index contributed by atoms with van der Waals surface area (Å²) in [4.78, 5) is 4.73. The van der Waals surface area contributed by atoms with E-state index in [1.54, 1.807) is 0 Å². The van der Waals surface area contributed by atoms with Crippen LogP contribution in [0.2, 0.25) is 0 Å². The van der Waals surface area contributed by atoms with Gasteiger partial charge in [0.25, 0.3) is 0 Å². The molecule has 0 radical (unpaired) electrons. The number of hydrogen-bond acceptors (Lipinski definition) is 1. The molecule has 0 aromatic heterocycles. The van der Waals surface area contributed by atoms with Crippen LogP contribution in [0.4, 0.5) is 5.69 Å². The van der Waals surface area contributed by atoms with Gasteiger partial charge < -0.3 is 0 Å². The van der Waals surface area contributed by atoms with Crippen molar-refractivity contribution in [3.8, 4) is 0 Å². The van der Waals surface area contributed by atoms with Crippen molar-refractivity contribution in [2.24, 2.45) is 4.99 Å². The molecule has 1 aliphatic rings. The monoisotopic (exact) mass is 213 g/mol. The Hall–Kier alpha value is -1.37. The van der Waals surface area contributed by atoms with Gasteiger partial charge in [0, 0.05) is 12.1 Å². The first kappa shape index (κ1) is 11.1. The van der Waals surface area contributed by atoms with Crippen LogP contribution in [0, 0.1) is 13.8 Å². The van der Waals surface area contributed by atoms with Crippen LogP contribution in [0.3, 0.4) is 0 Å². The zero-order valence-corrected chi connectivity index (χ0v) is 10.8. The Kier molecular flexibility index (Phi) is 2.71. The van der Waals surface area contributed by atoms with Crippen LogP contribution in [0.15, 0.2) is 28.3 Å². The van der Waals surface area contributed by atoms with Crippen molar-refractivity contribution >= 4 is 11.4 Å². The number of nitrogens with zero attached hydrogens (tertiary/aromatic N) is 1. The lowest BCUT2D eigenvalue weighted by molar-refractivity contribution is 1.27. The maximum Gasteiger partial charge on any atom is 0.0671 e. The highest BCUT2D eigenvalue weighted by molar-refractivity contribution is 6.06. The van der Waals surface area contributed by atoms with Crippen LogP contribution in [-0.2, 0) is 6.42 Å². The van der Waals surface area contributed by atoms with Crippen molar-refractivity contribution in [3.05, 3.63) is 40.0 Å². The lowest BCUT2D eigenvalue weighted by atomic mass is 9.99. The highest BCUT2D eigenvalue weighted by atomic mass is 14.8. The molecule has 1 heterocycles. The van der Waals surface area contributed by atoms with Gasteiger partial charge >= 0.3 is 0 Å². The van der Waals surface area contributed by atoms with Gasteiger partial charge in [0.2, 0.25) is 0 Å². The fraction of sp³-hybridized carbons (Fsp3) is 0.400. The van der Waals surface area contributed by atoms with Crippen molar-refractivity contribution in [1.29, 1.82) is 0 Å². The predicted molar refractivity (Wildman–Crippen MR) is 70.8 cm³/mol. The minimum atomic E-state index is 0.994.